The predicted octanol–water partition coefficient (Wildman–Crippen LogP) is 2.33. The van der Waals surface area contributed by atoms with Gasteiger partial charge in [-0.15, -0.1) is 0 Å². The molecule has 2 unspecified atom stereocenters. The Morgan fingerprint density at radius 2 is 2.14 bits per heavy atom. The minimum atomic E-state index is 0.492. The predicted molar refractivity (Wildman–Crippen MR) is 58.4 cm³/mol. The van der Waals surface area contributed by atoms with E-state index in [0.29, 0.717) is 17.6 Å². The Labute approximate surface area is 87.4 Å². The van der Waals surface area contributed by atoms with Gasteiger partial charge in [0.1, 0.15) is 0 Å². The molecule has 0 aromatic heterocycles. The van der Waals surface area contributed by atoms with Crippen molar-refractivity contribution >= 4 is 0 Å². The van der Waals surface area contributed by atoms with Gasteiger partial charge in [0.05, 0.1) is 6.10 Å². The molecule has 0 radical (unpaired) electrons. The van der Waals surface area contributed by atoms with Gasteiger partial charge >= 0.3 is 0 Å². The van der Waals surface area contributed by atoms with Crippen molar-refractivity contribution in [1.82, 2.24) is 5.32 Å². The second-order valence-corrected chi connectivity index (χ2v) is 5.48. The molecule has 0 bridgehead atoms. The van der Waals surface area contributed by atoms with Gasteiger partial charge in [-0.25, -0.2) is 0 Å². The van der Waals surface area contributed by atoms with Crippen molar-refractivity contribution in [2.24, 2.45) is 5.41 Å². The van der Waals surface area contributed by atoms with Crippen molar-refractivity contribution in [3.8, 4) is 0 Å². The van der Waals surface area contributed by atoms with Crippen molar-refractivity contribution in [3.05, 3.63) is 0 Å². The van der Waals surface area contributed by atoms with Crippen LogP contribution in [-0.4, -0.2) is 25.3 Å². The Bertz CT molecular complexity index is 185. The van der Waals surface area contributed by atoms with E-state index in [-0.39, 0.29) is 0 Å². The Morgan fingerprint density at radius 1 is 1.29 bits per heavy atom. The molecule has 0 aromatic carbocycles. The first-order valence-electron chi connectivity index (χ1n) is 6.03. The quantitative estimate of drug-likeness (QED) is 0.750. The van der Waals surface area contributed by atoms with Crippen LogP contribution >= 0.6 is 0 Å². The minimum Gasteiger partial charge on any atom is -0.377 e. The van der Waals surface area contributed by atoms with Crippen molar-refractivity contribution in [2.45, 2.75) is 58.1 Å². The summed E-state index contributed by atoms with van der Waals surface area (Å²) in [6, 6.07) is 0.715. The lowest BCUT2D eigenvalue weighted by atomic mass is 9.87. The van der Waals surface area contributed by atoms with Crippen LogP contribution in [0.15, 0.2) is 0 Å². The smallest absolute Gasteiger partial charge is 0.0700 e. The zero-order valence-electron chi connectivity index (χ0n) is 9.51. The fourth-order valence-electron chi connectivity index (χ4n) is 2.78. The molecule has 2 heteroatoms. The third-order valence-corrected chi connectivity index (χ3v) is 3.87. The van der Waals surface area contributed by atoms with Crippen LogP contribution in [0.1, 0.15) is 46.0 Å². The van der Waals surface area contributed by atoms with E-state index in [9.17, 15) is 0 Å². The third kappa shape index (κ3) is 2.29. The largest absolute Gasteiger partial charge is 0.377 e. The van der Waals surface area contributed by atoms with Crippen LogP contribution in [0.2, 0.25) is 0 Å². The van der Waals surface area contributed by atoms with E-state index in [1.54, 1.807) is 0 Å². The SMILES string of the molecule is CC1(C)CCCC1NCC1CCCO1. The fourth-order valence-corrected chi connectivity index (χ4v) is 2.78. The molecule has 2 rings (SSSR count). The molecule has 1 saturated heterocycles. The number of hydrogen-bond donors (Lipinski definition) is 1. The Hall–Kier alpha value is -0.0800. The lowest BCUT2D eigenvalue weighted by Gasteiger charge is -2.28. The maximum absolute atomic E-state index is 5.62. The second kappa shape index (κ2) is 4.19. The summed E-state index contributed by atoms with van der Waals surface area (Å²) >= 11 is 0. The van der Waals surface area contributed by atoms with Gasteiger partial charge in [-0.1, -0.05) is 20.3 Å². The summed E-state index contributed by atoms with van der Waals surface area (Å²) in [6.45, 7) is 6.80. The van der Waals surface area contributed by atoms with E-state index in [1.165, 1.54) is 32.1 Å². The normalized spacial score (nSPS) is 36.4. The maximum atomic E-state index is 5.62. The van der Waals surface area contributed by atoms with E-state index < -0.39 is 0 Å². The number of ether oxygens (including phenoxy) is 1. The van der Waals surface area contributed by atoms with E-state index in [2.05, 4.69) is 19.2 Å². The topological polar surface area (TPSA) is 21.3 Å². The summed E-state index contributed by atoms with van der Waals surface area (Å²) in [5.74, 6) is 0. The van der Waals surface area contributed by atoms with Crippen LogP contribution in [0.5, 0.6) is 0 Å². The molecule has 2 atom stereocenters. The first-order valence-corrected chi connectivity index (χ1v) is 6.03. The summed E-state index contributed by atoms with van der Waals surface area (Å²) in [7, 11) is 0. The second-order valence-electron chi connectivity index (χ2n) is 5.48. The molecular weight excluding hydrogens is 174 g/mol. The molecule has 0 amide bonds. The van der Waals surface area contributed by atoms with E-state index >= 15 is 0 Å². The minimum absolute atomic E-state index is 0.492. The van der Waals surface area contributed by atoms with Crippen molar-refractivity contribution < 1.29 is 4.74 Å². The Balaban J connectivity index is 1.74. The van der Waals surface area contributed by atoms with E-state index in [4.69, 9.17) is 4.74 Å². The highest BCUT2D eigenvalue weighted by Crippen LogP contribution is 2.37. The van der Waals surface area contributed by atoms with Crippen molar-refractivity contribution in [3.63, 3.8) is 0 Å². The van der Waals surface area contributed by atoms with Gasteiger partial charge in [0.2, 0.25) is 0 Å². The molecule has 0 aromatic rings. The highest BCUT2D eigenvalue weighted by atomic mass is 16.5. The zero-order valence-corrected chi connectivity index (χ0v) is 9.51. The van der Waals surface area contributed by atoms with Crippen LogP contribution in [-0.2, 0) is 4.74 Å². The van der Waals surface area contributed by atoms with Gasteiger partial charge in [0.15, 0.2) is 0 Å². The van der Waals surface area contributed by atoms with Crippen LogP contribution in [0.4, 0.5) is 0 Å². The Morgan fingerprint density at radius 3 is 2.71 bits per heavy atom. The monoisotopic (exact) mass is 197 g/mol. The summed E-state index contributed by atoms with van der Waals surface area (Å²) < 4.78 is 5.62. The first-order chi connectivity index (χ1) is 6.68. The molecule has 1 N–H and O–H groups in total. The molecule has 2 fully saturated rings. The van der Waals surface area contributed by atoms with Crippen molar-refractivity contribution in [1.29, 1.82) is 0 Å². The molecule has 82 valence electrons. The molecule has 2 nitrogen and oxygen atoms in total. The fraction of sp³-hybridized carbons (Fsp3) is 1.00. The molecule has 0 spiro atoms. The molecule has 1 heterocycles. The number of hydrogen-bond acceptors (Lipinski definition) is 2. The maximum Gasteiger partial charge on any atom is 0.0700 e. The average Bonchev–Trinajstić information content (AvgIpc) is 2.71. The van der Waals surface area contributed by atoms with Gasteiger partial charge in [-0.05, 0) is 31.1 Å². The van der Waals surface area contributed by atoms with Crippen LogP contribution in [0.25, 0.3) is 0 Å². The van der Waals surface area contributed by atoms with Gasteiger partial charge in [-0.2, -0.15) is 0 Å². The first kappa shape index (κ1) is 10.4. The van der Waals surface area contributed by atoms with Gasteiger partial charge < -0.3 is 10.1 Å². The summed E-state index contributed by atoms with van der Waals surface area (Å²) in [4.78, 5) is 0. The van der Waals surface area contributed by atoms with Gasteiger partial charge in [-0.3, -0.25) is 0 Å². The summed E-state index contributed by atoms with van der Waals surface area (Å²) in [6.07, 6.45) is 7.10. The molecule has 14 heavy (non-hydrogen) atoms. The average molecular weight is 197 g/mol. The van der Waals surface area contributed by atoms with Gasteiger partial charge in [0.25, 0.3) is 0 Å². The number of rotatable bonds is 3. The third-order valence-electron chi connectivity index (χ3n) is 3.87. The summed E-state index contributed by atoms with van der Waals surface area (Å²) in [5.41, 5.74) is 0.499. The zero-order chi connectivity index (χ0) is 10.0. The Kier molecular flexibility index (Phi) is 3.13. The van der Waals surface area contributed by atoms with E-state index in [1.807, 2.05) is 0 Å². The standard InChI is InChI=1S/C12H23NO/c1-12(2)7-3-6-11(12)13-9-10-5-4-8-14-10/h10-11,13H,3-9H2,1-2H3. The van der Waals surface area contributed by atoms with Crippen molar-refractivity contribution in [2.75, 3.05) is 13.2 Å². The molecule has 1 saturated carbocycles. The lowest BCUT2D eigenvalue weighted by Crippen LogP contribution is -2.41. The van der Waals surface area contributed by atoms with E-state index in [0.717, 1.165) is 13.2 Å². The van der Waals surface area contributed by atoms with Crippen LogP contribution in [0.3, 0.4) is 0 Å². The summed E-state index contributed by atoms with van der Waals surface area (Å²) in [5, 5.41) is 3.69. The highest BCUT2D eigenvalue weighted by molar-refractivity contribution is 4.90. The molecular formula is C12H23NO. The van der Waals surface area contributed by atoms with Crippen LogP contribution in [0, 0.1) is 5.41 Å². The lowest BCUT2D eigenvalue weighted by molar-refractivity contribution is 0.103. The molecule has 1 aliphatic carbocycles. The molecule has 1 aliphatic heterocycles. The van der Waals surface area contributed by atoms with Crippen LogP contribution < -0.4 is 5.32 Å². The molecule has 2 aliphatic rings. The highest BCUT2D eigenvalue weighted by Gasteiger charge is 2.34. The number of nitrogens with one attached hydrogen (secondary N) is 1. The van der Waals surface area contributed by atoms with Gasteiger partial charge in [0, 0.05) is 19.2 Å².